The highest BCUT2D eigenvalue weighted by Gasteiger charge is 2.70. The van der Waals surface area contributed by atoms with E-state index in [1.165, 1.54) is 12.8 Å². The Morgan fingerprint density at radius 2 is 1.08 bits per heavy atom. The van der Waals surface area contributed by atoms with E-state index in [9.17, 15) is 15.3 Å². The summed E-state index contributed by atoms with van der Waals surface area (Å²) in [6.45, 7) is 4.70. The fourth-order valence-corrected chi connectivity index (χ4v) is 14.3. The smallest absolute Gasteiger partial charge is 0.239 e. The van der Waals surface area contributed by atoms with E-state index in [1.807, 2.05) is 60.7 Å². The summed E-state index contributed by atoms with van der Waals surface area (Å²) < 4.78 is 9.79. The van der Waals surface area contributed by atoms with Crippen LogP contribution in [0.5, 0.6) is 17.2 Å². The van der Waals surface area contributed by atoms with Gasteiger partial charge < -0.3 is 20.1 Å². The summed E-state index contributed by atoms with van der Waals surface area (Å²) in [5.41, 5.74) is 2.32. The number of phenolic OH excluding ortho intramolecular Hbond substituents is 3. The first kappa shape index (κ1) is 36.1. The predicted molar refractivity (Wildman–Crippen MR) is 231 cm³/mol. The van der Waals surface area contributed by atoms with Crippen LogP contribution >= 0.6 is 0 Å². The average Bonchev–Trinajstić information content (AvgIpc) is 3.77. The molecule has 0 saturated heterocycles. The van der Waals surface area contributed by atoms with E-state index in [1.54, 1.807) is 4.57 Å². The van der Waals surface area contributed by atoms with E-state index in [4.69, 9.17) is 43.2 Å². The normalized spacial score (nSPS) is 32.8. The van der Waals surface area contributed by atoms with Gasteiger partial charge in [-0.3, -0.25) is 4.57 Å². The van der Waals surface area contributed by atoms with E-state index in [0.717, 1.165) is 67.2 Å². The lowest BCUT2D eigenvalue weighted by atomic mass is 9.47. The van der Waals surface area contributed by atoms with Gasteiger partial charge in [0.15, 0.2) is 11.6 Å². The quantitative estimate of drug-likeness (QED) is 0.170. The van der Waals surface area contributed by atoms with E-state index in [-0.39, 0.29) is 57.2 Å². The van der Waals surface area contributed by atoms with Gasteiger partial charge >= 0.3 is 0 Å². The molecule has 6 fully saturated rings. The van der Waals surface area contributed by atoms with Crippen LogP contribution in [0.15, 0.2) is 60.7 Å². The molecule has 6 saturated carbocycles. The Labute approximate surface area is 348 Å². The van der Waals surface area contributed by atoms with Gasteiger partial charge in [0.2, 0.25) is 5.95 Å². The zero-order valence-corrected chi connectivity index (χ0v) is 33.5. The third-order valence-electron chi connectivity index (χ3n) is 16.1. The fourth-order valence-electron chi connectivity index (χ4n) is 14.3. The monoisotopic (exact) mass is 774 g/mol. The van der Waals surface area contributed by atoms with Gasteiger partial charge in [0.05, 0.1) is 16.6 Å². The summed E-state index contributed by atoms with van der Waals surface area (Å²) >= 11 is 0. The van der Waals surface area contributed by atoms with Crippen LogP contribution in [0.3, 0.4) is 0 Å². The molecule has 6 radical (unpaired) electrons. The number of aromatic nitrogens is 4. The summed E-state index contributed by atoms with van der Waals surface area (Å²) in [7, 11) is 21.1. The number of phenols is 3. The first-order valence-electron chi connectivity index (χ1n) is 21.7. The molecule has 5 atom stereocenters. The van der Waals surface area contributed by atoms with Crippen LogP contribution in [0.25, 0.3) is 50.5 Å². The Hall–Kier alpha value is -4.76. The minimum Gasteiger partial charge on any atom is -0.509 e. The molecular formula is C48H45B3N4O4. The fraction of sp³-hybridized carbons (Fsp3) is 0.438. The molecule has 3 heterocycles. The lowest BCUT2D eigenvalue weighted by Crippen LogP contribution is -2.59. The highest BCUT2D eigenvalue weighted by Crippen LogP contribution is 2.73. The van der Waals surface area contributed by atoms with E-state index >= 15 is 0 Å². The van der Waals surface area contributed by atoms with Crippen molar-refractivity contribution in [3.63, 3.8) is 0 Å². The molecule has 7 aliphatic rings. The molecule has 3 N–H and O–H groups in total. The van der Waals surface area contributed by atoms with Gasteiger partial charge in [0.25, 0.3) is 0 Å². The molecule has 13 rings (SSSR count). The SMILES string of the molecule is [B]c1c(O)c([B])c2c3c([B])c4c(c(O)c3n(-c3nc(-c5ccccc5)nc(-c5ccccc5)n3)c2c1O)C1(OC42C3CC4CC(C3)CC2C4)C(C)CC2CC(C)CC1C2. The summed E-state index contributed by atoms with van der Waals surface area (Å²) in [5, 5.41) is 37.9. The highest BCUT2D eigenvalue weighted by molar-refractivity contribution is 6.53. The second-order valence-corrected chi connectivity index (χ2v) is 19.3. The Balaban J connectivity index is 1.25. The molecule has 2 aromatic heterocycles. The molecule has 290 valence electrons. The number of ether oxygens (including phenoxy) is 1. The first-order valence-corrected chi connectivity index (χ1v) is 21.7. The predicted octanol–water partition coefficient (Wildman–Crippen LogP) is 6.77. The summed E-state index contributed by atoms with van der Waals surface area (Å²) in [6.07, 6.45) is 9.86. The Morgan fingerprint density at radius 1 is 0.559 bits per heavy atom. The Kier molecular flexibility index (Phi) is 7.59. The summed E-state index contributed by atoms with van der Waals surface area (Å²) in [4.78, 5) is 15.1. The van der Waals surface area contributed by atoms with Gasteiger partial charge in [-0.05, 0) is 122 Å². The van der Waals surface area contributed by atoms with Crippen LogP contribution < -0.4 is 16.4 Å². The number of hydrogen-bond donors (Lipinski definition) is 3. The number of aromatic hydroxyl groups is 3. The van der Waals surface area contributed by atoms with Crippen molar-refractivity contribution >= 4 is 61.7 Å². The number of benzene rings is 4. The van der Waals surface area contributed by atoms with Gasteiger partial charge in [-0.2, -0.15) is 9.97 Å². The van der Waals surface area contributed by atoms with Crippen LogP contribution in [0.2, 0.25) is 0 Å². The van der Waals surface area contributed by atoms with Crippen LogP contribution in [-0.2, 0) is 15.9 Å². The first-order chi connectivity index (χ1) is 28.5. The molecule has 8 nitrogen and oxygen atoms in total. The van der Waals surface area contributed by atoms with Gasteiger partial charge in [0.1, 0.15) is 46.4 Å². The zero-order chi connectivity index (χ0) is 40.3. The molecule has 6 bridgehead atoms. The van der Waals surface area contributed by atoms with Gasteiger partial charge in [-0.25, -0.2) is 4.98 Å². The van der Waals surface area contributed by atoms with E-state index in [2.05, 4.69) is 13.8 Å². The van der Waals surface area contributed by atoms with E-state index in [0.29, 0.717) is 51.7 Å². The van der Waals surface area contributed by atoms with Crippen LogP contribution in [0.1, 0.15) is 82.8 Å². The van der Waals surface area contributed by atoms with Crippen LogP contribution in [0, 0.1) is 47.3 Å². The maximum atomic E-state index is 13.6. The second kappa shape index (κ2) is 12.4. The number of fused-ring (bicyclic) bond motifs is 8. The van der Waals surface area contributed by atoms with Crippen molar-refractivity contribution in [3.05, 3.63) is 71.8 Å². The average molecular weight is 774 g/mol. The zero-order valence-electron chi connectivity index (χ0n) is 33.5. The van der Waals surface area contributed by atoms with Crippen molar-refractivity contribution in [1.29, 1.82) is 0 Å². The molecule has 59 heavy (non-hydrogen) atoms. The lowest BCUT2D eigenvalue weighted by molar-refractivity contribution is -0.290. The van der Waals surface area contributed by atoms with Crippen molar-refractivity contribution in [2.75, 3.05) is 0 Å². The molecule has 2 spiro atoms. The molecule has 4 aromatic carbocycles. The second-order valence-electron chi connectivity index (χ2n) is 19.3. The topological polar surface area (TPSA) is 114 Å². The molecule has 6 aromatic rings. The summed E-state index contributed by atoms with van der Waals surface area (Å²) in [6, 6.07) is 19.3. The lowest BCUT2D eigenvalue weighted by Gasteiger charge is -2.62. The molecule has 0 amide bonds. The Morgan fingerprint density at radius 3 is 1.68 bits per heavy atom. The molecule has 6 aliphatic carbocycles. The van der Waals surface area contributed by atoms with Gasteiger partial charge in [-0.1, -0.05) is 80.0 Å². The van der Waals surface area contributed by atoms with Crippen molar-refractivity contribution in [3.8, 4) is 46.0 Å². The van der Waals surface area contributed by atoms with Crippen molar-refractivity contribution in [1.82, 2.24) is 19.5 Å². The van der Waals surface area contributed by atoms with Crippen molar-refractivity contribution < 1.29 is 20.1 Å². The molecule has 11 heteroatoms. The Bertz CT molecular complexity index is 2670. The van der Waals surface area contributed by atoms with Gasteiger partial charge in [-0.15, -0.1) is 0 Å². The molecule has 5 unspecified atom stereocenters. The van der Waals surface area contributed by atoms with Crippen LogP contribution in [-0.4, -0.2) is 58.4 Å². The largest absolute Gasteiger partial charge is 0.509 e. The third kappa shape index (κ3) is 4.66. The summed E-state index contributed by atoms with van der Waals surface area (Å²) in [5.74, 6) is 3.39. The minimum atomic E-state index is -0.790. The number of nitrogens with zero attached hydrogens (tertiary/aromatic N) is 4. The van der Waals surface area contributed by atoms with Crippen molar-refractivity contribution in [2.45, 2.75) is 82.8 Å². The number of hydrogen-bond acceptors (Lipinski definition) is 7. The van der Waals surface area contributed by atoms with Gasteiger partial charge in [0, 0.05) is 27.5 Å². The number of rotatable bonds is 3. The maximum Gasteiger partial charge on any atom is 0.239 e. The van der Waals surface area contributed by atoms with Crippen molar-refractivity contribution in [2.24, 2.45) is 47.3 Å². The minimum absolute atomic E-state index is 0.0365. The molecule has 1 aliphatic heterocycles. The molecular weight excluding hydrogens is 729 g/mol. The maximum absolute atomic E-state index is 13.6. The standard InChI is InChI=1S/C48H45B3N4O4/c1-22-13-24-15-23(2)47(29(14-22)17-24)35-34(48(59-47)30-18-25-16-26(20-30)21-31(48)19-25)36(49)32-33-37(50)42(57)38(51)43(58)40(33)55(39(32)41(35)56)46-53-44(27-9-5-3-6-10-27)52-45(54-46)28-11-7-4-8-12-28/h3-12,22-26,29-31,56-58H,13-21H2,1-2H3. The third-order valence-corrected chi connectivity index (χ3v) is 16.1. The van der Waals surface area contributed by atoms with E-state index < -0.39 is 22.7 Å². The van der Waals surface area contributed by atoms with Crippen LogP contribution in [0.4, 0.5) is 0 Å². The highest BCUT2D eigenvalue weighted by atomic mass is 16.5.